The maximum absolute atomic E-state index is 11.9. The SMILES string of the molecule is Cc1cc(C)c(NC(=O)CNC(=O)C2(N)CC2)c(C)c1. The predicted octanol–water partition coefficient (Wildman–Crippen LogP) is 1.16. The van der Waals surface area contributed by atoms with E-state index in [1.54, 1.807) is 0 Å². The monoisotopic (exact) mass is 275 g/mol. The van der Waals surface area contributed by atoms with Crippen LogP contribution in [0, 0.1) is 20.8 Å². The van der Waals surface area contributed by atoms with E-state index >= 15 is 0 Å². The molecule has 0 bridgehead atoms. The van der Waals surface area contributed by atoms with Gasteiger partial charge in [0, 0.05) is 5.69 Å². The average molecular weight is 275 g/mol. The van der Waals surface area contributed by atoms with Crippen LogP contribution in [-0.4, -0.2) is 23.9 Å². The molecule has 0 unspecified atom stereocenters. The van der Waals surface area contributed by atoms with Crippen LogP contribution in [0.25, 0.3) is 0 Å². The van der Waals surface area contributed by atoms with Crippen molar-refractivity contribution in [1.29, 1.82) is 0 Å². The molecule has 0 radical (unpaired) electrons. The van der Waals surface area contributed by atoms with E-state index in [2.05, 4.69) is 10.6 Å². The van der Waals surface area contributed by atoms with Gasteiger partial charge in [-0.15, -0.1) is 0 Å². The zero-order chi connectivity index (χ0) is 14.9. The Morgan fingerprint density at radius 3 is 2.25 bits per heavy atom. The number of carbonyl (C=O) groups is 2. The number of aryl methyl sites for hydroxylation is 3. The molecule has 20 heavy (non-hydrogen) atoms. The molecule has 1 aromatic rings. The van der Waals surface area contributed by atoms with Crippen LogP contribution in [0.15, 0.2) is 12.1 Å². The number of amides is 2. The van der Waals surface area contributed by atoms with Gasteiger partial charge in [-0.05, 0) is 44.7 Å². The molecule has 0 heterocycles. The second-order valence-electron chi connectivity index (χ2n) is 5.66. The summed E-state index contributed by atoms with van der Waals surface area (Å²) in [4.78, 5) is 23.5. The molecule has 1 saturated carbocycles. The highest BCUT2D eigenvalue weighted by Crippen LogP contribution is 2.32. The molecule has 1 aliphatic carbocycles. The summed E-state index contributed by atoms with van der Waals surface area (Å²) in [5.41, 5.74) is 9.00. The predicted molar refractivity (Wildman–Crippen MR) is 78.4 cm³/mol. The van der Waals surface area contributed by atoms with Gasteiger partial charge in [0.05, 0.1) is 12.1 Å². The van der Waals surface area contributed by atoms with Crippen LogP contribution >= 0.6 is 0 Å². The van der Waals surface area contributed by atoms with Crippen LogP contribution in [0.1, 0.15) is 29.5 Å². The standard InChI is InChI=1S/C15H21N3O2/c1-9-6-10(2)13(11(3)7-9)18-12(19)8-17-14(20)15(16)4-5-15/h6-7H,4-5,8,16H2,1-3H3,(H,17,20)(H,18,19). The van der Waals surface area contributed by atoms with Gasteiger partial charge in [0.2, 0.25) is 11.8 Å². The normalized spacial score (nSPS) is 15.6. The minimum atomic E-state index is -0.740. The molecule has 0 aliphatic heterocycles. The summed E-state index contributed by atoms with van der Waals surface area (Å²) in [6, 6.07) is 4.03. The van der Waals surface area contributed by atoms with Crippen molar-refractivity contribution in [2.45, 2.75) is 39.2 Å². The van der Waals surface area contributed by atoms with Gasteiger partial charge in [-0.3, -0.25) is 9.59 Å². The summed E-state index contributed by atoms with van der Waals surface area (Å²) < 4.78 is 0. The number of rotatable bonds is 4. The van der Waals surface area contributed by atoms with E-state index < -0.39 is 5.54 Å². The van der Waals surface area contributed by atoms with Crippen molar-refractivity contribution in [2.24, 2.45) is 5.73 Å². The lowest BCUT2D eigenvalue weighted by molar-refractivity contribution is -0.125. The fourth-order valence-corrected chi connectivity index (χ4v) is 2.26. The summed E-state index contributed by atoms with van der Waals surface area (Å²) in [6.07, 6.45) is 1.38. The lowest BCUT2D eigenvalue weighted by Crippen LogP contribution is -2.45. The van der Waals surface area contributed by atoms with Crippen molar-refractivity contribution < 1.29 is 9.59 Å². The minimum absolute atomic E-state index is 0.0511. The van der Waals surface area contributed by atoms with Crippen molar-refractivity contribution in [3.8, 4) is 0 Å². The Kier molecular flexibility index (Phi) is 3.81. The first kappa shape index (κ1) is 14.5. The van der Waals surface area contributed by atoms with E-state index in [1.165, 1.54) is 0 Å². The van der Waals surface area contributed by atoms with E-state index in [1.807, 2.05) is 32.9 Å². The number of anilines is 1. The van der Waals surface area contributed by atoms with Crippen LogP contribution in [0.4, 0.5) is 5.69 Å². The minimum Gasteiger partial charge on any atom is -0.345 e. The summed E-state index contributed by atoms with van der Waals surface area (Å²) >= 11 is 0. The molecule has 5 nitrogen and oxygen atoms in total. The number of benzene rings is 1. The maximum atomic E-state index is 11.9. The molecule has 0 atom stereocenters. The van der Waals surface area contributed by atoms with Crippen LogP contribution in [0.5, 0.6) is 0 Å². The van der Waals surface area contributed by atoms with Crippen molar-refractivity contribution >= 4 is 17.5 Å². The van der Waals surface area contributed by atoms with Crippen LogP contribution in [-0.2, 0) is 9.59 Å². The second kappa shape index (κ2) is 5.25. The fourth-order valence-electron chi connectivity index (χ4n) is 2.26. The molecular formula is C15H21N3O2. The lowest BCUT2D eigenvalue weighted by Gasteiger charge is -2.14. The Labute approximate surface area is 118 Å². The molecule has 2 amide bonds. The Bertz CT molecular complexity index is 539. The maximum Gasteiger partial charge on any atom is 0.243 e. The zero-order valence-corrected chi connectivity index (χ0v) is 12.2. The molecule has 1 aromatic carbocycles. The van der Waals surface area contributed by atoms with Crippen molar-refractivity contribution in [3.63, 3.8) is 0 Å². The molecular weight excluding hydrogens is 254 g/mol. The van der Waals surface area contributed by atoms with Crippen molar-refractivity contribution in [1.82, 2.24) is 5.32 Å². The third-order valence-electron chi connectivity index (χ3n) is 3.59. The van der Waals surface area contributed by atoms with E-state index in [0.29, 0.717) is 12.8 Å². The van der Waals surface area contributed by atoms with Gasteiger partial charge < -0.3 is 16.4 Å². The topological polar surface area (TPSA) is 84.2 Å². The smallest absolute Gasteiger partial charge is 0.243 e. The Hall–Kier alpha value is -1.88. The average Bonchev–Trinajstić information content (AvgIpc) is 3.10. The van der Waals surface area contributed by atoms with E-state index in [4.69, 9.17) is 5.73 Å². The highest BCUT2D eigenvalue weighted by Gasteiger charge is 2.45. The summed E-state index contributed by atoms with van der Waals surface area (Å²) in [5, 5.41) is 5.42. The molecule has 2 rings (SSSR count). The highest BCUT2D eigenvalue weighted by molar-refractivity contribution is 5.97. The van der Waals surface area contributed by atoms with Gasteiger partial charge in [0.1, 0.15) is 0 Å². The number of nitrogens with one attached hydrogen (secondary N) is 2. The number of hydrogen-bond donors (Lipinski definition) is 3. The summed E-state index contributed by atoms with van der Waals surface area (Å²) in [7, 11) is 0. The van der Waals surface area contributed by atoms with E-state index in [0.717, 1.165) is 22.4 Å². The van der Waals surface area contributed by atoms with Crippen LogP contribution in [0.3, 0.4) is 0 Å². The molecule has 4 N–H and O–H groups in total. The summed E-state index contributed by atoms with van der Waals surface area (Å²) in [6.45, 7) is 5.87. The molecule has 1 aliphatic rings. The third kappa shape index (κ3) is 3.17. The fraction of sp³-hybridized carbons (Fsp3) is 0.467. The second-order valence-corrected chi connectivity index (χ2v) is 5.66. The first-order valence-electron chi connectivity index (χ1n) is 6.77. The van der Waals surface area contributed by atoms with Gasteiger partial charge in [0.15, 0.2) is 0 Å². The van der Waals surface area contributed by atoms with Gasteiger partial charge in [0.25, 0.3) is 0 Å². The molecule has 5 heteroatoms. The van der Waals surface area contributed by atoms with Gasteiger partial charge in [-0.25, -0.2) is 0 Å². The Morgan fingerprint density at radius 1 is 1.20 bits per heavy atom. The highest BCUT2D eigenvalue weighted by atomic mass is 16.2. The molecule has 0 aromatic heterocycles. The number of hydrogen-bond acceptors (Lipinski definition) is 3. The van der Waals surface area contributed by atoms with E-state index in [9.17, 15) is 9.59 Å². The lowest BCUT2D eigenvalue weighted by atomic mass is 10.1. The number of nitrogens with two attached hydrogens (primary N) is 1. The Balaban J connectivity index is 1.93. The number of carbonyl (C=O) groups excluding carboxylic acids is 2. The molecule has 0 saturated heterocycles. The largest absolute Gasteiger partial charge is 0.345 e. The quantitative estimate of drug-likeness (QED) is 0.771. The molecule has 108 valence electrons. The summed E-state index contributed by atoms with van der Waals surface area (Å²) in [5.74, 6) is -0.484. The van der Waals surface area contributed by atoms with Gasteiger partial charge in [-0.1, -0.05) is 17.7 Å². The van der Waals surface area contributed by atoms with Crippen molar-refractivity contribution in [2.75, 3.05) is 11.9 Å². The third-order valence-corrected chi connectivity index (χ3v) is 3.59. The molecule has 0 spiro atoms. The van der Waals surface area contributed by atoms with Crippen LogP contribution in [0.2, 0.25) is 0 Å². The van der Waals surface area contributed by atoms with Crippen molar-refractivity contribution in [3.05, 3.63) is 28.8 Å². The first-order valence-corrected chi connectivity index (χ1v) is 6.77. The van der Waals surface area contributed by atoms with Gasteiger partial charge >= 0.3 is 0 Å². The first-order chi connectivity index (χ1) is 9.32. The van der Waals surface area contributed by atoms with E-state index in [-0.39, 0.29) is 18.4 Å². The zero-order valence-electron chi connectivity index (χ0n) is 12.2. The van der Waals surface area contributed by atoms with Crippen LogP contribution < -0.4 is 16.4 Å². The molecule has 1 fully saturated rings. The Morgan fingerprint density at radius 2 is 1.75 bits per heavy atom. The van der Waals surface area contributed by atoms with Gasteiger partial charge in [-0.2, -0.15) is 0 Å².